The average Bonchev–Trinajstić information content (AvgIpc) is 2.86. The predicted octanol–water partition coefficient (Wildman–Crippen LogP) is 4.63. The Balaban J connectivity index is 1.47. The van der Waals surface area contributed by atoms with Crippen LogP contribution in [0.4, 0.5) is 21.8 Å². The number of carbonyl (C=O) groups is 1. The van der Waals surface area contributed by atoms with Crippen LogP contribution in [-0.2, 0) is 4.74 Å². The van der Waals surface area contributed by atoms with Gasteiger partial charge in [-0.05, 0) is 24.3 Å². The summed E-state index contributed by atoms with van der Waals surface area (Å²) in [5.74, 6) is -1.79. The Morgan fingerprint density at radius 1 is 1.22 bits per heavy atom. The van der Waals surface area contributed by atoms with Gasteiger partial charge in [0.25, 0.3) is 5.91 Å². The minimum absolute atomic E-state index is 0.0369. The van der Waals surface area contributed by atoms with E-state index in [1.165, 1.54) is 30.5 Å². The Hall–Kier alpha value is -3.19. The molecular weight excluding hydrogens is 582 g/mol. The maximum absolute atomic E-state index is 14.2. The number of amides is 1. The monoisotopic (exact) mass is 598 g/mol. The molecule has 188 valence electrons. The summed E-state index contributed by atoms with van der Waals surface area (Å²) >= 11 is 15.4. The summed E-state index contributed by atoms with van der Waals surface area (Å²) in [6, 6.07) is 5.72. The summed E-state index contributed by atoms with van der Waals surface area (Å²) in [6.07, 6.45) is 2.28. The van der Waals surface area contributed by atoms with E-state index in [1.54, 1.807) is 4.90 Å². The number of hydrazone groups is 1. The van der Waals surface area contributed by atoms with Gasteiger partial charge in [-0.1, -0.05) is 39.1 Å². The summed E-state index contributed by atoms with van der Waals surface area (Å²) in [5, 5.41) is 26.8. The Bertz CT molecular complexity index is 1340. The second-order valence-electron chi connectivity index (χ2n) is 7.44. The highest BCUT2D eigenvalue weighted by Crippen LogP contribution is 2.36. The number of carbonyl (C=O) groups excluding carboxylic acids is 1. The third-order valence-electron chi connectivity index (χ3n) is 5.07. The first-order valence-corrected chi connectivity index (χ1v) is 11.9. The van der Waals surface area contributed by atoms with Gasteiger partial charge in [0, 0.05) is 23.1 Å². The molecule has 0 spiro atoms. The molecule has 2 heterocycles. The van der Waals surface area contributed by atoms with Crippen molar-refractivity contribution in [1.29, 1.82) is 0 Å². The quantitative estimate of drug-likeness (QED) is 0.183. The Morgan fingerprint density at radius 2 is 1.97 bits per heavy atom. The van der Waals surface area contributed by atoms with Crippen LogP contribution in [0.15, 0.2) is 40.0 Å². The van der Waals surface area contributed by atoms with Crippen molar-refractivity contribution in [1.82, 2.24) is 9.97 Å². The number of nitrogens with one attached hydrogen (secondary N) is 2. The maximum Gasteiger partial charge on any atom is 0.257 e. The molecule has 1 aliphatic rings. The van der Waals surface area contributed by atoms with Crippen LogP contribution in [0.1, 0.15) is 15.9 Å². The number of halogens is 4. The van der Waals surface area contributed by atoms with Gasteiger partial charge >= 0.3 is 0 Å². The smallest absolute Gasteiger partial charge is 0.257 e. The normalized spacial score (nSPS) is 13.7. The largest absolute Gasteiger partial charge is 0.506 e. The lowest BCUT2D eigenvalue weighted by Gasteiger charge is -2.27. The number of hydrogen-bond donors (Lipinski definition) is 4. The number of aromatic hydroxyl groups is 2. The van der Waals surface area contributed by atoms with Crippen LogP contribution in [0.3, 0.4) is 0 Å². The van der Waals surface area contributed by atoms with Crippen molar-refractivity contribution in [3.8, 4) is 11.5 Å². The molecule has 2 aromatic carbocycles. The van der Waals surface area contributed by atoms with Gasteiger partial charge in [-0.3, -0.25) is 4.79 Å². The molecule has 1 aromatic heterocycles. The minimum Gasteiger partial charge on any atom is -0.506 e. The van der Waals surface area contributed by atoms with Gasteiger partial charge in [-0.25, -0.2) is 14.8 Å². The van der Waals surface area contributed by atoms with Crippen molar-refractivity contribution in [2.75, 3.05) is 41.9 Å². The SMILES string of the molecule is O=C(Nc1cc(Br)cc(Cl)c1O)c1ccc(/C=N\Nc2ncc(F)c(N3CCOCC3)n2)c(O)c1Cl. The first-order valence-electron chi connectivity index (χ1n) is 10.4. The van der Waals surface area contributed by atoms with Crippen LogP contribution in [0.25, 0.3) is 0 Å². The highest BCUT2D eigenvalue weighted by molar-refractivity contribution is 9.10. The zero-order valence-corrected chi connectivity index (χ0v) is 21.4. The molecule has 0 saturated carbocycles. The van der Waals surface area contributed by atoms with E-state index in [2.05, 4.69) is 41.7 Å². The summed E-state index contributed by atoms with van der Waals surface area (Å²) in [5.41, 5.74) is 2.77. The second-order valence-corrected chi connectivity index (χ2v) is 9.14. The summed E-state index contributed by atoms with van der Waals surface area (Å²) in [4.78, 5) is 22.4. The molecule has 0 unspecified atom stereocenters. The fourth-order valence-electron chi connectivity index (χ4n) is 3.28. The van der Waals surface area contributed by atoms with Crippen molar-refractivity contribution in [3.63, 3.8) is 0 Å². The standard InChI is InChI=1S/C22H18BrCl2FN6O4/c23-12-7-14(24)19(34)16(8-12)29-21(35)13-2-1-11(18(33)17(13)25)9-28-31-22-27-10-15(26)20(30-22)32-3-5-36-6-4-32/h1-2,7-10,33-34H,3-6H2,(H,29,35)(H,27,30,31)/b28-9-. The molecule has 0 aliphatic carbocycles. The molecule has 1 amide bonds. The van der Waals surface area contributed by atoms with Gasteiger partial charge in [0.15, 0.2) is 17.4 Å². The van der Waals surface area contributed by atoms with Crippen LogP contribution in [-0.4, -0.2) is 58.6 Å². The number of nitrogens with zero attached hydrogens (tertiary/aromatic N) is 4. The van der Waals surface area contributed by atoms with Gasteiger partial charge in [0.1, 0.15) is 5.75 Å². The summed E-state index contributed by atoms with van der Waals surface area (Å²) in [7, 11) is 0. The number of phenolic OH excluding ortho intramolecular Hbond substituents is 2. The number of hydrogen-bond acceptors (Lipinski definition) is 9. The van der Waals surface area contributed by atoms with E-state index in [9.17, 15) is 19.4 Å². The van der Waals surface area contributed by atoms with Crippen LogP contribution in [0, 0.1) is 5.82 Å². The molecule has 3 aromatic rings. The van der Waals surface area contributed by atoms with Gasteiger partial charge in [0.2, 0.25) is 5.95 Å². The molecule has 36 heavy (non-hydrogen) atoms. The Labute approximate surface area is 222 Å². The molecule has 1 saturated heterocycles. The molecule has 1 fully saturated rings. The molecule has 0 bridgehead atoms. The lowest BCUT2D eigenvalue weighted by molar-refractivity contribution is 0.102. The number of phenols is 2. The van der Waals surface area contributed by atoms with E-state index in [0.29, 0.717) is 30.8 Å². The zero-order chi connectivity index (χ0) is 25.8. The van der Waals surface area contributed by atoms with Gasteiger partial charge in [-0.2, -0.15) is 10.1 Å². The molecule has 14 heteroatoms. The third-order valence-corrected chi connectivity index (χ3v) is 6.20. The minimum atomic E-state index is -0.684. The Kier molecular flexibility index (Phi) is 8.09. The fraction of sp³-hybridized carbons (Fsp3) is 0.182. The fourth-order valence-corrected chi connectivity index (χ4v) is 4.35. The second kappa shape index (κ2) is 11.2. The summed E-state index contributed by atoms with van der Waals surface area (Å²) in [6.45, 7) is 1.93. The van der Waals surface area contributed by atoms with Crippen molar-refractivity contribution in [3.05, 3.63) is 61.9 Å². The van der Waals surface area contributed by atoms with E-state index < -0.39 is 17.5 Å². The topological polar surface area (TPSA) is 132 Å². The Morgan fingerprint density at radius 3 is 2.72 bits per heavy atom. The molecule has 1 aliphatic heterocycles. The van der Waals surface area contributed by atoms with E-state index in [1.807, 2.05) is 0 Å². The number of ether oxygens (including phenoxy) is 1. The van der Waals surface area contributed by atoms with Crippen LogP contribution >= 0.6 is 39.1 Å². The summed E-state index contributed by atoms with van der Waals surface area (Å²) < 4.78 is 20.0. The first kappa shape index (κ1) is 25.9. The van der Waals surface area contributed by atoms with Crippen LogP contribution in [0.5, 0.6) is 11.5 Å². The van der Waals surface area contributed by atoms with Gasteiger partial charge in [-0.15, -0.1) is 0 Å². The lowest BCUT2D eigenvalue weighted by atomic mass is 10.1. The maximum atomic E-state index is 14.2. The molecular formula is C22H18BrCl2FN6O4. The highest BCUT2D eigenvalue weighted by atomic mass is 79.9. The molecule has 0 atom stereocenters. The van der Waals surface area contributed by atoms with Crippen molar-refractivity contribution >= 4 is 68.7 Å². The number of morpholine rings is 1. The highest BCUT2D eigenvalue weighted by Gasteiger charge is 2.19. The van der Waals surface area contributed by atoms with Crippen molar-refractivity contribution < 1.29 is 24.1 Å². The van der Waals surface area contributed by atoms with Gasteiger partial charge < -0.3 is 25.2 Å². The molecule has 0 radical (unpaired) electrons. The molecule has 4 rings (SSSR count). The zero-order valence-electron chi connectivity index (χ0n) is 18.3. The predicted molar refractivity (Wildman–Crippen MR) is 138 cm³/mol. The van der Waals surface area contributed by atoms with Crippen molar-refractivity contribution in [2.24, 2.45) is 5.10 Å². The molecule has 4 N–H and O–H groups in total. The number of anilines is 3. The number of rotatable bonds is 6. The van der Waals surface area contributed by atoms with Crippen molar-refractivity contribution in [2.45, 2.75) is 0 Å². The van der Waals surface area contributed by atoms with E-state index in [0.717, 1.165) is 6.20 Å². The average molecular weight is 600 g/mol. The van der Waals surface area contributed by atoms with E-state index in [4.69, 9.17) is 27.9 Å². The number of benzene rings is 2. The first-order chi connectivity index (χ1) is 17.2. The number of aromatic nitrogens is 2. The van der Waals surface area contributed by atoms with E-state index in [-0.39, 0.29) is 44.4 Å². The lowest BCUT2D eigenvalue weighted by Crippen LogP contribution is -2.37. The van der Waals surface area contributed by atoms with Crippen LogP contribution in [0.2, 0.25) is 10.0 Å². The molecule has 10 nitrogen and oxygen atoms in total. The van der Waals surface area contributed by atoms with E-state index >= 15 is 0 Å². The van der Waals surface area contributed by atoms with Crippen LogP contribution < -0.4 is 15.6 Å². The van der Waals surface area contributed by atoms with Gasteiger partial charge in [0.05, 0.1) is 46.9 Å². The third kappa shape index (κ3) is 5.78.